The van der Waals surface area contributed by atoms with Crippen LogP contribution in [0.2, 0.25) is 0 Å². The van der Waals surface area contributed by atoms with Gasteiger partial charge in [-0.05, 0) is 48.4 Å². The van der Waals surface area contributed by atoms with Crippen LogP contribution in [0.1, 0.15) is 28.2 Å². The minimum absolute atomic E-state index is 0.169. The quantitative estimate of drug-likeness (QED) is 0.751. The van der Waals surface area contributed by atoms with Crippen LogP contribution in [-0.4, -0.2) is 18.5 Å². The molecule has 1 aliphatic heterocycles. The van der Waals surface area contributed by atoms with Crippen molar-refractivity contribution in [3.63, 3.8) is 0 Å². The standard InChI is InChI=1S/C17H18FN/c1-12-4-3-5-14-10-19(2)11-16(17(12)14)13-6-8-15(18)9-7-13/h3-9,16H,10-11H2,1-2H3/t16-/m1/s1. The van der Waals surface area contributed by atoms with Gasteiger partial charge in [0.1, 0.15) is 5.82 Å². The van der Waals surface area contributed by atoms with Crippen molar-refractivity contribution in [2.75, 3.05) is 13.6 Å². The SMILES string of the molecule is Cc1cccc2c1[C@@H](c1ccc(F)cc1)CN(C)C2. The molecular formula is C17H18FN. The van der Waals surface area contributed by atoms with Gasteiger partial charge < -0.3 is 4.90 Å². The number of nitrogens with zero attached hydrogens (tertiary/aromatic N) is 1. The predicted molar refractivity (Wildman–Crippen MR) is 75.8 cm³/mol. The summed E-state index contributed by atoms with van der Waals surface area (Å²) in [4.78, 5) is 2.33. The molecule has 0 N–H and O–H groups in total. The van der Waals surface area contributed by atoms with Gasteiger partial charge in [-0.25, -0.2) is 4.39 Å². The molecule has 2 aromatic carbocycles. The first-order valence-corrected chi connectivity index (χ1v) is 6.67. The summed E-state index contributed by atoms with van der Waals surface area (Å²) in [5.41, 5.74) is 5.35. The molecule has 2 aromatic rings. The van der Waals surface area contributed by atoms with Crippen LogP contribution in [0.4, 0.5) is 4.39 Å². The number of rotatable bonds is 1. The predicted octanol–water partition coefficient (Wildman–Crippen LogP) is 3.71. The van der Waals surface area contributed by atoms with Gasteiger partial charge in [-0.1, -0.05) is 30.3 Å². The molecule has 0 radical (unpaired) electrons. The summed E-state index contributed by atoms with van der Waals surface area (Å²) in [6.45, 7) is 4.15. The Morgan fingerprint density at radius 3 is 2.58 bits per heavy atom. The number of hydrogen-bond donors (Lipinski definition) is 0. The van der Waals surface area contributed by atoms with Gasteiger partial charge in [-0.2, -0.15) is 0 Å². The molecule has 1 heterocycles. The molecule has 98 valence electrons. The summed E-state index contributed by atoms with van der Waals surface area (Å²) in [6, 6.07) is 13.4. The molecule has 0 spiro atoms. The Labute approximate surface area is 113 Å². The van der Waals surface area contributed by atoms with E-state index in [4.69, 9.17) is 0 Å². The van der Waals surface area contributed by atoms with Crippen molar-refractivity contribution in [3.8, 4) is 0 Å². The minimum atomic E-state index is -0.169. The van der Waals surface area contributed by atoms with Gasteiger partial charge in [0, 0.05) is 19.0 Å². The van der Waals surface area contributed by atoms with Crippen LogP contribution in [0.15, 0.2) is 42.5 Å². The van der Waals surface area contributed by atoms with Crippen molar-refractivity contribution in [2.24, 2.45) is 0 Å². The second-order valence-corrected chi connectivity index (χ2v) is 5.45. The first-order valence-electron chi connectivity index (χ1n) is 6.67. The van der Waals surface area contributed by atoms with Crippen molar-refractivity contribution < 1.29 is 4.39 Å². The van der Waals surface area contributed by atoms with E-state index in [0.717, 1.165) is 13.1 Å². The van der Waals surface area contributed by atoms with Crippen LogP contribution in [-0.2, 0) is 6.54 Å². The Morgan fingerprint density at radius 1 is 1.11 bits per heavy atom. The summed E-state index contributed by atoms with van der Waals surface area (Å²) < 4.78 is 13.1. The third-order valence-corrected chi connectivity index (χ3v) is 3.97. The smallest absolute Gasteiger partial charge is 0.123 e. The Bertz CT molecular complexity index is 589. The highest BCUT2D eigenvalue weighted by atomic mass is 19.1. The molecule has 0 unspecified atom stereocenters. The van der Waals surface area contributed by atoms with E-state index in [1.165, 1.54) is 22.3 Å². The Kier molecular flexibility index (Phi) is 3.11. The highest BCUT2D eigenvalue weighted by Crippen LogP contribution is 2.35. The lowest BCUT2D eigenvalue weighted by molar-refractivity contribution is 0.294. The average Bonchev–Trinajstić information content (AvgIpc) is 2.38. The van der Waals surface area contributed by atoms with Crippen molar-refractivity contribution in [1.29, 1.82) is 0 Å². The lowest BCUT2D eigenvalue weighted by Crippen LogP contribution is -2.31. The van der Waals surface area contributed by atoms with E-state index in [1.807, 2.05) is 12.1 Å². The topological polar surface area (TPSA) is 3.24 Å². The molecule has 0 saturated heterocycles. The van der Waals surface area contributed by atoms with E-state index < -0.39 is 0 Å². The van der Waals surface area contributed by atoms with Gasteiger partial charge in [0.15, 0.2) is 0 Å². The third-order valence-electron chi connectivity index (χ3n) is 3.97. The molecule has 0 aromatic heterocycles. The number of likely N-dealkylation sites (N-methyl/N-ethyl adjacent to an activating group) is 1. The monoisotopic (exact) mass is 255 g/mol. The molecule has 1 aliphatic rings. The van der Waals surface area contributed by atoms with E-state index in [-0.39, 0.29) is 5.82 Å². The van der Waals surface area contributed by atoms with Crippen molar-refractivity contribution in [1.82, 2.24) is 4.90 Å². The van der Waals surface area contributed by atoms with Gasteiger partial charge >= 0.3 is 0 Å². The number of hydrogen-bond acceptors (Lipinski definition) is 1. The van der Waals surface area contributed by atoms with E-state index >= 15 is 0 Å². The Balaban J connectivity index is 2.10. The van der Waals surface area contributed by atoms with Crippen LogP contribution < -0.4 is 0 Å². The van der Waals surface area contributed by atoms with Crippen LogP contribution >= 0.6 is 0 Å². The zero-order valence-electron chi connectivity index (χ0n) is 11.4. The maximum atomic E-state index is 13.1. The van der Waals surface area contributed by atoms with Gasteiger partial charge in [0.25, 0.3) is 0 Å². The fourth-order valence-corrected chi connectivity index (χ4v) is 3.10. The van der Waals surface area contributed by atoms with Gasteiger partial charge in [0.05, 0.1) is 0 Å². The van der Waals surface area contributed by atoms with Crippen LogP contribution in [0.5, 0.6) is 0 Å². The second kappa shape index (κ2) is 4.78. The normalized spacial score (nSPS) is 19.2. The van der Waals surface area contributed by atoms with Gasteiger partial charge in [-0.3, -0.25) is 0 Å². The van der Waals surface area contributed by atoms with Gasteiger partial charge in [0.2, 0.25) is 0 Å². The zero-order valence-corrected chi connectivity index (χ0v) is 11.4. The van der Waals surface area contributed by atoms with Crippen LogP contribution in [0, 0.1) is 12.7 Å². The maximum Gasteiger partial charge on any atom is 0.123 e. The molecule has 1 nitrogen and oxygen atoms in total. The molecular weight excluding hydrogens is 237 g/mol. The fourth-order valence-electron chi connectivity index (χ4n) is 3.10. The van der Waals surface area contributed by atoms with Crippen LogP contribution in [0.25, 0.3) is 0 Å². The second-order valence-electron chi connectivity index (χ2n) is 5.45. The molecule has 0 bridgehead atoms. The lowest BCUT2D eigenvalue weighted by atomic mass is 9.82. The average molecular weight is 255 g/mol. The van der Waals surface area contributed by atoms with Crippen molar-refractivity contribution in [3.05, 3.63) is 70.5 Å². The third kappa shape index (κ3) is 2.28. The fraction of sp³-hybridized carbons (Fsp3) is 0.294. The summed E-state index contributed by atoms with van der Waals surface area (Å²) in [5, 5.41) is 0. The molecule has 0 amide bonds. The van der Waals surface area contributed by atoms with Crippen LogP contribution in [0.3, 0.4) is 0 Å². The summed E-state index contributed by atoms with van der Waals surface area (Å²) in [5.74, 6) is 0.175. The van der Waals surface area contributed by atoms with Crippen molar-refractivity contribution >= 4 is 0 Å². The van der Waals surface area contributed by atoms with E-state index in [2.05, 4.69) is 37.1 Å². The molecule has 1 atom stereocenters. The summed E-state index contributed by atoms with van der Waals surface area (Å²) in [6.07, 6.45) is 0. The molecule has 0 saturated carbocycles. The Hall–Kier alpha value is -1.67. The van der Waals surface area contributed by atoms with E-state index in [1.54, 1.807) is 12.1 Å². The number of benzene rings is 2. The number of halogens is 1. The largest absolute Gasteiger partial charge is 0.301 e. The molecule has 0 aliphatic carbocycles. The highest BCUT2D eigenvalue weighted by Gasteiger charge is 2.25. The molecule has 2 heteroatoms. The van der Waals surface area contributed by atoms with Gasteiger partial charge in [-0.15, -0.1) is 0 Å². The molecule has 3 rings (SSSR count). The lowest BCUT2D eigenvalue weighted by Gasteiger charge is -2.33. The highest BCUT2D eigenvalue weighted by molar-refractivity contribution is 5.44. The first kappa shape index (κ1) is 12.4. The first-order chi connectivity index (χ1) is 9.15. The number of fused-ring (bicyclic) bond motifs is 1. The Morgan fingerprint density at radius 2 is 1.84 bits per heavy atom. The van der Waals surface area contributed by atoms with E-state index in [0.29, 0.717) is 5.92 Å². The number of aryl methyl sites for hydroxylation is 1. The zero-order chi connectivity index (χ0) is 13.4. The summed E-state index contributed by atoms with van der Waals surface area (Å²) >= 11 is 0. The van der Waals surface area contributed by atoms with E-state index in [9.17, 15) is 4.39 Å². The van der Waals surface area contributed by atoms with Crippen molar-refractivity contribution in [2.45, 2.75) is 19.4 Å². The minimum Gasteiger partial charge on any atom is -0.301 e. The maximum absolute atomic E-state index is 13.1. The molecule has 19 heavy (non-hydrogen) atoms. The molecule has 0 fully saturated rings. The summed E-state index contributed by atoms with van der Waals surface area (Å²) in [7, 11) is 2.14.